The standard InChI is InChI=1S/C20H23NO3/c1-4-13-24-20-8-6-5-7-17(20)14-21(2)19(15-22)16-9-11-18(23-3)12-10-16/h1,5-12,19,22H,13-15H2,2-3H3. The van der Waals surface area contributed by atoms with E-state index in [1.54, 1.807) is 7.11 Å². The second kappa shape index (κ2) is 8.97. The maximum atomic E-state index is 9.83. The first kappa shape index (κ1) is 17.9. The van der Waals surface area contributed by atoms with Crippen molar-refractivity contribution in [2.45, 2.75) is 12.6 Å². The summed E-state index contributed by atoms with van der Waals surface area (Å²) in [5, 5.41) is 9.83. The Morgan fingerprint density at radius 1 is 1.17 bits per heavy atom. The van der Waals surface area contributed by atoms with E-state index in [1.165, 1.54) is 0 Å². The number of likely N-dealkylation sites (N-methyl/N-ethyl adjacent to an activating group) is 1. The average molecular weight is 325 g/mol. The maximum absolute atomic E-state index is 9.83. The van der Waals surface area contributed by atoms with Crippen molar-refractivity contribution >= 4 is 0 Å². The molecule has 0 saturated carbocycles. The van der Waals surface area contributed by atoms with E-state index in [0.29, 0.717) is 6.54 Å². The van der Waals surface area contributed by atoms with Crippen molar-refractivity contribution in [3.63, 3.8) is 0 Å². The van der Waals surface area contributed by atoms with Gasteiger partial charge in [0.15, 0.2) is 0 Å². The van der Waals surface area contributed by atoms with Crippen LogP contribution in [-0.2, 0) is 6.54 Å². The number of para-hydroxylation sites is 1. The minimum absolute atomic E-state index is 0.0240. The predicted molar refractivity (Wildman–Crippen MR) is 95.1 cm³/mol. The molecule has 2 aromatic rings. The van der Waals surface area contributed by atoms with Crippen LogP contribution >= 0.6 is 0 Å². The van der Waals surface area contributed by atoms with Crippen molar-refractivity contribution in [2.24, 2.45) is 0 Å². The van der Waals surface area contributed by atoms with E-state index in [-0.39, 0.29) is 19.3 Å². The summed E-state index contributed by atoms with van der Waals surface area (Å²) < 4.78 is 10.8. The highest BCUT2D eigenvalue weighted by Crippen LogP contribution is 2.26. The molecule has 0 amide bonds. The number of benzene rings is 2. The monoisotopic (exact) mass is 325 g/mol. The molecule has 4 nitrogen and oxygen atoms in total. The van der Waals surface area contributed by atoms with Gasteiger partial charge >= 0.3 is 0 Å². The molecule has 0 aliphatic rings. The lowest BCUT2D eigenvalue weighted by atomic mass is 10.1. The molecule has 4 heteroatoms. The SMILES string of the molecule is C#CCOc1ccccc1CN(C)C(CO)c1ccc(OC)cc1. The molecular weight excluding hydrogens is 302 g/mol. The Balaban J connectivity index is 2.14. The number of terminal acetylenes is 1. The van der Waals surface area contributed by atoms with Crippen LogP contribution < -0.4 is 9.47 Å². The minimum Gasteiger partial charge on any atom is -0.497 e. The van der Waals surface area contributed by atoms with Crippen molar-refractivity contribution in [3.8, 4) is 23.8 Å². The number of methoxy groups -OCH3 is 1. The molecule has 1 atom stereocenters. The number of aliphatic hydroxyl groups excluding tert-OH is 1. The molecule has 0 aromatic heterocycles. The zero-order valence-electron chi connectivity index (χ0n) is 14.1. The van der Waals surface area contributed by atoms with Crippen LogP contribution in [0.5, 0.6) is 11.5 Å². The summed E-state index contributed by atoms with van der Waals surface area (Å²) in [5.74, 6) is 4.05. The van der Waals surface area contributed by atoms with Crippen LogP contribution in [0.1, 0.15) is 17.2 Å². The normalized spacial score (nSPS) is 11.8. The second-order valence-corrected chi connectivity index (χ2v) is 5.49. The van der Waals surface area contributed by atoms with E-state index in [0.717, 1.165) is 22.6 Å². The van der Waals surface area contributed by atoms with Crippen LogP contribution in [0.2, 0.25) is 0 Å². The van der Waals surface area contributed by atoms with E-state index in [1.807, 2.05) is 55.6 Å². The number of ether oxygens (including phenoxy) is 2. The Morgan fingerprint density at radius 3 is 2.50 bits per heavy atom. The van der Waals surface area contributed by atoms with Crippen LogP contribution in [0.15, 0.2) is 48.5 Å². The third kappa shape index (κ3) is 4.51. The van der Waals surface area contributed by atoms with Crippen LogP contribution in [0.3, 0.4) is 0 Å². The average Bonchev–Trinajstić information content (AvgIpc) is 2.62. The molecule has 0 aliphatic carbocycles. The summed E-state index contributed by atoms with van der Waals surface area (Å²) >= 11 is 0. The highest BCUT2D eigenvalue weighted by Gasteiger charge is 2.18. The van der Waals surface area contributed by atoms with Crippen LogP contribution in [0.25, 0.3) is 0 Å². The molecule has 2 rings (SSSR count). The van der Waals surface area contributed by atoms with E-state index >= 15 is 0 Å². The lowest BCUT2D eigenvalue weighted by Gasteiger charge is -2.27. The number of rotatable bonds is 8. The van der Waals surface area contributed by atoms with Crippen LogP contribution in [0, 0.1) is 12.3 Å². The maximum Gasteiger partial charge on any atom is 0.148 e. The summed E-state index contributed by atoms with van der Waals surface area (Å²) in [6, 6.07) is 15.4. The van der Waals surface area contributed by atoms with Crippen LogP contribution in [0.4, 0.5) is 0 Å². The van der Waals surface area contributed by atoms with Gasteiger partial charge < -0.3 is 14.6 Å². The molecule has 126 valence electrons. The topological polar surface area (TPSA) is 41.9 Å². The quantitative estimate of drug-likeness (QED) is 0.758. The fraction of sp³-hybridized carbons (Fsp3) is 0.300. The number of hydrogen-bond acceptors (Lipinski definition) is 4. The highest BCUT2D eigenvalue weighted by molar-refractivity contribution is 5.34. The van der Waals surface area contributed by atoms with Gasteiger partial charge in [-0.05, 0) is 30.8 Å². The first-order valence-corrected chi connectivity index (χ1v) is 7.78. The Kier molecular flexibility index (Phi) is 6.68. The second-order valence-electron chi connectivity index (χ2n) is 5.49. The minimum atomic E-state index is -0.114. The van der Waals surface area contributed by atoms with Gasteiger partial charge in [0.1, 0.15) is 18.1 Å². The Bertz CT molecular complexity index is 676. The smallest absolute Gasteiger partial charge is 0.148 e. The zero-order chi connectivity index (χ0) is 17.4. The molecule has 0 heterocycles. The molecule has 1 unspecified atom stereocenters. The van der Waals surface area contributed by atoms with Crippen molar-refractivity contribution in [1.82, 2.24) is 4.90 Å². The van der Waals surface area contributed by atoms with Gasteiger partial charge in [0.05, 0.1) is 19.8 Å². The van der Waals surface area contributed by atoms with Crippen molar-refractivity contribution < 1.29 is 14.6 Å². The first-order valence-electron chi connectivity index (χ1n) is 7.78. The molecule has 0 saturated heterocycles. The molecular formula is C20H23NO3. The summed E-state index contributed by atoms with van der Waals surface area (Å²) in [7, 11) is 3.61. The Labute approximate surface area is 143 Å². The van der Waals surface area contributed by atoms with Gasteiger partial charge in [-0.25, -0.2) is 0 Å². The molecule has 0 radical (unpaired) electrons. The van der Waals surface area contributed by atoms with Gasteiger partial charge in [0.25, 0.3) is 0 Å². The number of nitrogens with zero attached hydrogens (tertiary/aromatic N) is 1. The first-order chi connectivity index (χ1) is 11.7. The van der Waals surface area contributed by atoms with E-state index in [2.05, 4.69) is 10.8 Å². The largest absolute Gasteiger partial charge is 0.497 e. The Hall–Kier alpha value is -2.48. The molecule has 2 aromatic carbocycles. The van der Waals surface area contributed by atoms with Gasteiger partial charge in [0, 0.05) is 12.1 Å². The molecule has 0 aliphatic heterocycles. The zero-order valence-corrected chi connectivity index (χ0v) is 14.1. The van der Waals surface area contributed by atoms with E-state index in [4.69, 9.17) is 15.9 Å². The summed E-state index contributed by atoms with van der Waals surface area (Å²) in [6.07, 6.45) is 5.27. The molecule has 0 spiro atoms. The molecule has 0 fully saturated rings. The molecule has 0 bridgehead atoms. The summed E-state index contributed by atoms with van der Waals surface area (Å²) in [4.78, 5) is 2.08. The fourth-order valence-electron chi connectivity index (χ4n) is 2.60. The Morgan fingerprint density at radius 2 is 1.88 bits per heavy atom. The predicted octanol–water partition coefficient (Wildman–Crippen LogP) is 2.87. The van der Waals surface area contributed by atoms with E-state index in [9.17, 15) is 5.11 Å². The van der Waals surface area contributed by atoms with Gasteiger partial charge in [0.2, 0.25) is 0 Å². The fourth-order valence-corrected chi connectivity index (χ4v) is 2.60. The van der Waals surface area contributed by atoms with Crippen molar-refractivity contribution in [3.05, 3.63) is 59.7 Å². The lowest BCUT2D eigenvalue weighted by Crippen LogP contribution is -2.27. The third-order valence-corrected chi connectivity index (χ3v) is 3.91. The van der Waals surface area contributed by atoms with Crippen LogP contribution in [-0.4, -0.2) is 37.4 Å². The van der Waals surface area contributed by atoms with Gasteiger partial charge in [-0.1, -0.05) is 36.3 Å². The van der Waals surface area contributed by atoms with E-state index < -0.39 is 0 Å². The number of aliphatic hydroxyl groups is 1. The van der Waals surface area contributed by atoms with Crippen molar-refractivity contribution in [1.29, 1.82) is 0 Å². The van der Waals surface area contributed by atoms with Gasteiger partial charge in [-0.3, -0.25) is 4.90 Å². The van der Waals surface area contributed by atoms with Crippen molar-refractivity contribution in [2.75, 3.05) is 27.4 Å². The molecule has 1 N–H and O–H groups in total. The summed E-state index contributed by atoms with van der Waals surface area (Å²) in [6.45, 7) is 0.900. The molecule has 24 heavy (non-hydrogen) atoms. The van der Waals surface area contributed by atoms with Gasteiger partial charge in [-0.2, -0.15) is 0 Å². The third-order valence-electron chi connectivity index (χ3n) is 3.91. The highest BCUT2D eigenvalue weighted by atomic mass is 16.5. The number of hydrogen-bond donors (Lipinski definition) is 1. The lowest BCUT2D eigenvalue weighted by molar-refractivity contribution is 0.141. The van der Waals surface area contributed by atoms with Gasteiger partial charge in [-0.15, -0.1) is 6.42 Å². The summed E-state index contributed by atoms with van der Waals surface area (Å²) in [5.41, 5.74) is 2.06.